The highest BCUT2D eigenvalue weighted by Gasteiger charge is 2.37. The number of rotatable bonds is 6. The van der Waals surface area contributed by atoms with Crippen LogP contribution in [-0.4, -0.2) is 29.5 Å². The van der Waals surface area contributed by atoms with Gasteiger partial charge in [0.05, 0.1) is 27.4 Å². The number of aliphatic hydroxyl groups excluding tert-OH is 1. The van der Waals surface area contributed by atoms with Crippen molar-refractivity contribution in [1.82, 2.24) is 10.2 Å². The molecule has 28 heavy (non-hydrogen) atoms. The smallest absolute Gasteiger partial charge is 0.253 e. The van der Waals surface area contributed by atoms with Crippen molar-refractivity contribution in [3.63, 3.8) is 0 Å². The minimum absolute atomic E-state index is 0.0571. The number of carbonyl (C=O) groups is 1. The number of likely N-dealkylation sites (N-methyl/N-ethyl adjacent to an activating group) is 1. The number of nitrogens with one attached hydrogen (secondary N) is 1. The van der Waals surface area contributed by atoms with Crippen LogP contribution < -0.4 is 5.32 Å². The van der Waals surface area contributed by atoms with E-state index in [0.29, 0.717) is 27.9 Å². The van der Waals surface area contributed by atoms with Gasteiger partial charge in [0.25, 0.3) is 5.91 Å². The molecule has 0 spiro atoms. The second kappa shape index (κ2) is 8.72. The van der Waals surface area contributed by atoms with Crippen molar-refractivity contribution in [3.05, 3.63) is 93.3 Å². The third-order valence-corrected chi connectivity index (χ3v) is 5.63. The van der Waals surface area contributed by atoms with E-state index in [-0.39, 0.29) is 17.7 Å². The molecule has 0 aromatic heterocycles. The Bertz CT molecular complexity index is 925. The van der Waals surface area contributed by atoms with Gasteiger partial charge >= 0.3 is 0 Å². The van der Waals surface area contributed by atoms with E-state index in [1.807, 2.05) is 54.4 Å². The molecule has 2 aromatic carbocycles. The number of hydrogen-bond acceptors (Lipinski definition) is 3. The SMILES string of the molecule is C=C1C(O)=C(C(=O)NCCCc2ccc(Cl)c(Cl)c2)C(c2ccccc2)N1C. The van der Waals surface area contributed by atoms with E-state index in [4.69, 9.17) is 23.2 Å². The summed E-state index contributed by atoms with van der Waals surface area (Å²) in [6.45, 7) is 4.37. The summed E-state index contributed by atoms with van der Waals surface area (Å²) in [5.74, 6) is -0.343. The Hall–Kier alpha value is -2.43. The average molecular weight is 417 g/mol. The third-order valence-electron chi connectivity index (χ3n) is 4.89. The van der Waals surface area contributed by atoms with E-state index in [1.54, 1.807) is 6.07 Å². The number of nitrogens with zero attached hydrogens (tertiary/aromatic N) is 1. The van der Waals surface area contributed by atoms with E-state index in [1.165, 1.54) is 0 Å². The Balaban J connectivity index is 1.65. The quantitative estimate of drug-likeness (QED) is 0.647. The molecule has 0 saturated heterocycles. The van der Waals surface area contributed by atoms with Crippen LogP contribution in [0.1, 0.15) is 23.6 Å². The van der Waals surface area contributed by atoms with Crippen LogP contribution in [0.2, 0.25) is 10.0 Å². The number of hydrogen-bond donors (Lipinski definition) is 2. The van der Waals surface area contributed by atoms with Crippen molar-refractivity contribution in [1.29, 1.82) is 0 Å². The van der Waals surface area contributed by atoms with Crippen LogP contribution in [0.5, 0.6) is 0 Å². The van der Waals surface area contributed by atoms with Gasteiger partial charge in [-0.05, 0) is 36.1 Å². The maximum absolute atomic E-state index is 12.8. The predicted molar refractivity (Wildman–Crippen MR) is 114 cm³/mol. The summed E-state index contributed by atoms with van der Waals surface area (Å²) in [5.41, 5.74) is 2.75. The lowest BCUT2D eigenvalue weighted by Crippen LogP contribution is -2.30. The standard InChI is InChI=1S/C22H22Cl2N2O2/c1-14-21(27)19(20(26(14)2)16-8-4-3-5-9-16)22(28)25-12-6-7-15-10-11-17(23)18(24)13-15/h3-5,8-11,13,20,27H,1,6-7,12H2,2H3,(H,25,28). The van der Waals surface area contributed by atoms with Crippen molar-refractivity contribution in [2.24, 2.45) is 0 Å². The topological polar surface area (TPSA) is 52.6 Å². The molecule has 4 nitrogen and oxygen atoms in total. The van der Waals surface area contributed by atoms with Gasteiger partial charge in [-0.3, -0.25) is 4.79 Å². The predicted octanol–water partition coefficient (Wildman–Crippen LogP) is 5.05. The largest absolute Gasteiger partial charge is 0.505 e. The monoisotopic (exact) mass is 416 g/mol. The second-order valence-electron chi connectivity index (χ2n) is 6.74. The molecule has 1 unspecified atom stereocenters. The molecule has 0 aliphatic carbocycles. The van der Waals surface area contributed by atoms with Gasteiger partial charge in [0.1, 0.15) is 5.76 Å². The zero-order valence-corrected chi connectivity index (χ0v) is 17.1. The number of amides is 1. The fraction of sp³-hybridized carbons (Fsp3) is 0.227. The average Bonchev–Trinajstić information content (AvgIpc) is 2.92. The molecule has 1 atom stereocenters. The molecular formula is C22H22Cl2N2O2. The Morgan fingerprint density at radius 1 is 1.18 bits per heavy atom. The Morgan fingerprint density at radius 2 is 1.89 bits per heavy atom. The minimum Gasteiger partial charge on any atom is -0.505 e. The summed E-state index contributed by atoms with van der Waals surface area (Å²) in [4.78, 5) is 14.6. The first-order valence-electron chi connectivity index (χ1n) is 9.02. The van der Waals surface area contributed by atoms with Crippen LogP contribution in [0.4, 0.5) is 0 Å². The molecule has 0 bridgehead atoms. The van der Waals surface area contributed by atoms with Crippen molar-refractivity contribution in [2.75, 3.05) is 13.6 Å². The first kappa shape index (κ1) is 20.3. The van der Waals surface area contributed by atoms with Gasteiger partial charge in [-0.1, -0.05) is 66.2 Å². The zero-order chi connectivity index (χ0) is 20.3. The highest BCUT2D eigenvalue weighted by atomic mass is 35.5. The lowest BCUT2D eigenvalue weighted by molar-refractivity contribution is -0.118. The van der Waals surface area contributed by atoms with Gasteiger partial charge in [0.15, 0.2) is 0 Å². The zero-order valence-electron chi connectivity index (χ0n) is 15.6. The van der Waals surface area contributed by atoms with Crippen molar-refractivity contribution in [3.8, 4) is 0 Å². The van der Waals surface area contributed by atoms with Crippen molar-refractivity contribution < 1.29 is 9.90 Å². The van der Waals surface area contributed by atoms with Crippen LogP contribution in [-0.2, 0) is 11.2 Å². The van der Waals surface area contributed by atoms with Crippen LogP contribution in [0.25, 0.3) is 0 Å². The highest BCUT2D eigenvalue weighted by molar-refractivity contribution is 6.42. The normalized spacial score (nSPS) is 16.6. The maximum atomic E-state index is 12.8. The third kappa shape index (κ3) is 4.18. The molecule has 2 N–H and O–H groups in total. The van der Waals surface area contributed by atoms with Gasteiger partial charge < -0.3 is 15.3 Å². The van der Waals surface area contributed by atoms with Gasteiger partial charge in [-0.2, -0.15) is 0 Å². The first-order chi connectivity index (χ1) is 13.4. The molecule has 0 fully saturated rings. The van der Waals surface area contributed by atoms with Crippen LogP contribution in [0, 0.1) is 0 Å². The van der Waals surface area contributed by atoms with E-state index in [9.17, 15) is 9.90 Å². The molecule has 146 valence electrons. The first-order valence-corrected chi connectivity index (χ1v) is 9.78. The highest BCUT2D eigenvalue weighted by Crippen LogP contribution is 2.40. The number of benzene rings is 2. The maximum Gasteiger partial charge on any atom is 0.253 e. The molecule has 1 aliphatic rings. The number of aliphatic hydroxyl groups is 1. The van der Waals surface area contributed by atoms with Gasteiger partial charge in [-0.15, -0.1) is 0 Å². The summed E-state index contributed by atoms with van der Waals surface area (Å²) in [5, 5.41) is 14.4. The van der Waals surface area contributed by atoms with E-state index in [0.717, 1.165) is 24.0 Å². The molecular weight excluding hydrogens is 395 g/mol. The molecule has 1 aliphatic heterocycles. The van der Waals surface area contributed by atoms with Crippen molar-refractivity contribution >= 4 is 29.1 Å². The van der Waals surface area contributed by atoms with E-state index in [2.05, 4.69) is 11.9 Å². The fourth-order valence-corrected chi connectivity index (χ4v) is 3.66. The fourth-order valence-electron chi connectivity index (χ4n) is 3.34. The summed E-state index contributed by atoms with van der Waals surface area (Å²) in [6.07, 6.45) is 1.50. The second-order valence-corrected chi connectivity index (χ2v) is 7.56. The summed E-state index contributed by atoms with van der Waals surface area (Å²) >= 11 is 12.0. The van der Waals surface area contributed by atoms with Crippen molar-refractivity contribution in [2.45, 2.75) is 18.9 Å². The van der Waals surface area contributed by atoms with E-state index < -0.39 is 0 Å². The summed E-state index contributed by atoms with van der Waals surface area (Å²) in [7, 11) is 1.82. The molecule has 2 aromatic rings. The lowest BCUT2D eigenvalue weighted by Gasteiger charge is -2.24. The van der Waals surface area contributed by atoms with Crippen LogP contribution in [0.3, 0.4) is 0 Å². The minimum atomic E-state index is -0.358. The summed E-state index contributed by atoms with van der Waals surface area (Å²) in [6, 6.07) is 14.8. The number of halogens is 2. The van der Waals surface area contributed by atoms with E-state index >= 15 is 0 Å². The van der Waals surface area contributed by atoms with Gasteiger partial charge in [-0.25, -0.2) is 0 Å². The molecule has 1 amide bonds. The summed E-state index contributed by atoms with van der Waals surface area (Å²) < 4.78 is 0. The Morgan fingerprint density at radius 3 is 2.57 bits per heavy atom. The molecule has 3 rings (SSSR count). The van der Waals surface area contributed by atoms with Gasteiger partial charge in [0.2, 0.25) is 0 Å². The Kier molecular flexibility index (Phi) is 6.32. The number of aryl methyl sites for hydroxylation is 1. The number of carbonyl (C=O) groups excluding carboxylic acids is 1. The molecule has 0 radical (unpaired) electrons. The van der Waals surface area contributed by atoms with Crippen LogP contribution >= 0.6 is 23.2 Å². The molecule has 6 heteroatoms. The van der Waals surface area contributed by atoms with Crippen LogP contribution in [0.15, 0.2) is 72.1 Å². The molecule has 1 heterocycles. The van der Waals surface area contributed by atoms with Gasteiger partial charge in [0, 0.05) is 13.6 Å². The molecule has 0 saturated carbocycles. The lowest BCUT2D eigenvalue weighted by atomic mass is 9.99. The Labute approximate surface area is 175 Å².